The highest BCUT2D eigenvalue weighted by Gasteiger charge is 2.14. The van der Waals surface area contributed by atoms with E-state index in [1.807, 2.05) is 6.07 Å². The average molecular weight is 270 g/mol. The van der Waals surface area contributed by atoms with Gasteiger partial charge in [-0.3, -0.25) is 9.78 Å². The lowest BCUT2D eigenvalue weighted by Crippen LogP contribution is -2.10. The fraction of sp³-hybridized carbons (Fsp3) is 0.500. The van der Waals surface area contributed by atoms with Crippen molar-refractivity contribution < 1.29 is 4.79 Å². The molecule has 0 radical (unpaired) electrons. The zero-order valence-electron chi connectivity index (χ0n) is 9.38. The van der Waals surface area contributed by atoms with Crippen LogP contribution in [0.4, 0.5) is 0 Å². The highest BCUT2D eigenvalue weighted by molar-refractivity contribution is 9.10. The highest BCUT2D eigenvalue weighted by Crippen LogP contribution is 2.21. The normalized spacial score (nSPS) is 11.5. The molecule has 0 aliphatic rings. The van der Waals surface area contributed by atoms with E-state index < -0.39 is 0 Å². The molecule has 0 saturated heterocycles. The molecule has 1 aromatic rings. The minimum absolute atomic E-state index is 0.123. The number of aromatic nitrogens is 1. The largest absolute Gasteiger partial charge is 0.292 e. The predicted molar refractivity (Wildman–Crippen MR) is 65.0 cm³/mol. The van der Waals surface area contributed by atoms with Crippen molar-refractivity contribution in [3.63, 3.8) is 0 Å². The second-order valence-electron chi connectivity index (χ2n) is 4.85. The van der Waals surface area contributed by atoms with Crippen molar-refractivity contribution in [1.29, 1.82) is 0 Å². The van der Waals surface area contributed by atoms with E-state index in [0.29, 0.717) is 12.1 Å². The number of carbonyl (C=O) groups is 1. The smallest absolute Gasteiger partial charge is 0.181 e. The van der Waals surface area contributed by atoms with Crippen LogP contribution in [-0.4, -0.2) is 10.8 Å². The van der Waals surface area contributed by atoms with Crippen molar-refractivity contribution >= 4 is 21.7 Å². The Morgan fingerprint density at radius 1 is 1.40 bits per heavy atom. The van der Waals surface area contributed by atoms with Crippen molar-refractivity contribution in [2.45, 2.75) is 33.6 Å². The molecule has 1 rings (SSSR count). The van der Waals surface area contributed by atoms with Crippen LogP contribution in [0.3, 0.4) is 0 Å². The summed E-state index contributed by atoms with van der Waals surface area (Å²) in [6, 6.07) is 3.60. The van der Waals surface area contributed by atoms with E-state index in [2.05, 4.69) is 41.7 Å². The molecule has 0 aliphatic carbocycles. The number of rotatable bonds is 3. The Morgan fingerprint density at radius 3 is 2.53 bits per heavy atom. The molecule has 2 nitrogen and oxygen atoms in total. The van der Waals surface area contributed by atoms with Gasteiger partial charge in [0.15, 0.2) is 5.78 Å². The summed E-state index contributed by atoms with van der Waals surface area (Å²) in [6.07, 6.45) is 3.12. The zero-order valence-corrected chi connectivity index (χ0v) is 11.0. The Morgan fingerprint density at radius 2 is 2.07 bits per heavy atom. The molecule has 1 aromatic heterocycles. The number of Topliss-reactive ketones (excluding diaryl/α,β-unsaturated/α-hetero) is 1. The van der Waals surface area contributed by atoms with Gasteiger partial charge < -0.3 is 0 Å². The molecular weight excluding hydrogens is 254 g/mol. The molecule has 0 bridgehead atoms. The summed E-state index contributed by atoms with van der Waals surface area (Å²) >= 11 is 3.29. The van der Waals surface area contributed by atoms with Crippen molar-refractivity contribution in [1.82, 2.24) is 4.98 Å². The molecule has 82 valence electrons. The van der Waals surface area contributed by atoms with Gasteiger partial charge in [-0.25, -0.2) is 0 Å². The molecule has 1 heterocycles. The van der Waals surface area contributed by atoms with E-state index in [0.717, 1.165) is 10.9 Å². The molecule has 0 unspecified atom stereocenters. The van der Waals surface area contributed by atoms with Crippen LogP contribution in [-0.2, 0) is 0 Å². The van der Waals surface area contributed by atoms with Gasteiger partial charge in [-0.2, -0.15) is 0 Å². The number of pyridine rings is 1. The van der Waals surface area contributed by atoms with Gasteiger partial charge in [0.25, 0.3) is 0 Å². The first kappa shape index (κ1) is 12.4. The average Bonchev–Trinajstić information content (AvgIpc) is 2.14. The molecule has 15 heavy (non-hydrogen) atoms. The van der Waals surface area contributed by atoms with E-state index in [-0.39, 0.29) is 11.2 Å². The highest BCUT2D eigenvalue weighted by atomic mass is 79.9. The fourth-order valence-electron chi connectivity index (χ4n) is 1.16. The maximum absolute atomic E-state index is 11.7. The van der Waals surface area contributed by atoms with Crippen LogP contribution in [0.25, 0.3) is 0 Å². The number of carbonyl (C=O) groups excluding carboxylic acids is 1. The van der Waals surface area contributed by atoms with Crippen molar-refractivity contribution in [2.75, 3.05) is 0 Å². The van der Waals surface area contributed by atoms with Gasteiger partial charge in [0.2, 0.25) is 0 Å². The summed E-state index contributed by atoms with van der Waals surface area (Å²) in [5.74, 6) is 0.123. The number of hydrogen-bond acceptors (Lipinski definition) is 2. The van der Waals surface area contributed by atoms with Gasteiger partial charge >= 0.3 is 0 Å². The maximum Gasteiger partial charge on any atom is 0.181 e. The van der Waals surface area contributed by atoms with Crippen LogP contribution in [0.15, 0.2) is 22.8 Å². The Bertz CT molecular complexity index is 338. The lowest BCUT2D eigenvalue weighted by atomic mass is 9.89. The second kappa shape index (κ2) is 4.88. The Kier molecular flexibility index (Phi) is 4.03. The SMILES string of the molecule is CC(C)(C)CCC(=O)c1ccc(Br)cn1. The lowest BCUT2D eigenvalue weighted by molar-refractivity contribution is 0.0961. The van der Waals surface area contributed by atoms with Gasteiger partial charge in [-0.15, -0.1) is 0 Å². The molecule has 0 fully saturated rings. The molecule has 0 amide bonds. The standard InChI is InChI=1S/C12H16BrNO/c1-12(2,3)7-6-11(15)10-5-4-9(13)8-14-10/h4-5,8H,6-7H2,1-3H3. The van der Waals surface area contributed by atoms with E-state index in [9.17, 15) is 4.79 Å². The number of nitrogens with zero attached hydrogens (tertiary/aromatic N) is 1. The van der Waals surface area contributed by atoms with Crippen LogP contribution in [0.2, 0.25) is 0 Å². The van der Waals surface area contributed by atoms with E-state index in [1.54, 1.807) is 12.3 Å². The van der Waals surface area contributed by atoms with Crippen molar-refractivity contribution in [3.8, 4) is 0 Å². The number of halogens is 1. The van der Waals surface area contributed by atoms with Gasteiger partial charge in [0.05, 0.1) is 0 Å². The van der Waals surface area contributed by atoms with Crippen LogP contribution < -0.4 is 0 Å². The Labute approximate surface area is 99.2 Å². The summed E-state index contributed by atoms with van der Waals surface area (Å²) in [6.45, 7) is 6.40. The minimum Gasteiger partial charge on any atom is -0.292 e. The monoisotopic (exact) mass is 269 g/mol. The Balaban J connectivity index is 2.58. The molecule has 0 saturated carbocycles. The third kappa shape index (κ3) is 4.56. The summed E-state index contributed by atoms with van der Waals surface area (Å²) in [5, 5.41) is 0. The van der Waals surface area contributed by atoms with E-state index in [1.165, 1.54) is 0 Å². The first-order valence-corrected chi connectivity index (χ1v) is 5.82. The fourth-order valence-corrected chi connectivity index (χ4v) is 1.39. The van der Waals surface area contributed by atoms with Crippen molar-refractivity contribution in [3.05, 3.63) is 28.5 Å². The van der Waals surface area contributed by atoms with Gasteiger partial charge in [-0.1, -0.05) is 20.8 Å². The van der Waals surface area contributed by atoms with Crippen LogP contribution >= 0.6 is 15.9 Å². The summed E-state index contributed by atoms with van der Waals surface area (Å²) in [4.78, 5) is 15.8. The maximum atomic E-state index is 11.7. The number of hydrogen-bond donors (Lipinski definition) is 0. The third-order valence-corrected chi connectivity index (χ3v) is 2.58. The third-order valence-electron chi connectivity index (χ3n) is 2.12. The van der Waals surface area contributed by atoms with E-state index >= 15 is 0 Å². The molecule has 0 spiro atoms. The molecule has 0 N–H and O–H groups in total. The molecule has 0 aromatic carbocycles. The van der Waals surface area contributed by atoms with Crippen LogP contribution in [0.1, 0.15) is 44.1 Å². The number of ketones is 1. The second-order valence-corrected chi connectivity index (χ2v) is 5.76. The summed E-state index contributed by atoms with van der Waals surface area (Å²) in [7, 11) is 0. The van der Waals surface area contributed by atoms with Crippen LogP contribution in [0.5, 0.6) is 0 Å². The molecule has 3 heteroatoms. The first-order chi connectivity index (χ1) is 6.88. The molecular formula is C12H16BrNO. The van der Waals surface area contributed by atoms with Crippen LogP contribution in [0, 0.1) is 5.41 Å². The predicted octanol–water partition coefficient (Wildman–Crippen LogP) is 3.85. The summed E-state index contributed by atoms with van der Waals surface area (Å²) in [5.41, 5.74) is 0.757. The van der Waals surface area contributed by atoms with Gasteiger partial charge in [0, 0.05) is 17.1 Å². The van der Waals surface area contributed by atoms with E-state index in [4.69, 9.17) is 0 Å². The molecule has 0 atom stereocenters. The lowest BCUT2D eigenvalue weighted by Gasteiger charge is -2.16. The Hall–Kier alpha value is -0.700. The topological polar surface area (TPSA) is 30.0 Å². The van der Waals surface area contributed by atoms with Gasteiger partial charge in [-0.05, 0) is 39.9 Å². The first-order valence-electron chi connectivity index (χ1n) is 5.03. The summed E-state index contributed by atoms with van der Waals surface area (Å²) < 4.78 is 0.898. The van der Waals surface area contributed by atoms with Gasteiger partial charge in [0.1, 0.15) is 5.69 Å². The minimum atomic E-state index is 0.123. The van der Waals surface area contributed by atoms with Crippen molar-refractivity contribution in [2.24, 2.45) is 5.41 Å². The zero-order chi connectivity index (χ0) is 11.5. The quantitative estimate of drug-likeness (QED) is 0.781. The molecule has 0 aliphatic heterocycles.